The third kappa shape index (κ3) is 2.16. The molecule has 0 saturated heterocycles. The molecule has 0 aromatic heterocycles. The Morgan fingerprint density at radius 3 is 2.00 bits per heavy atom. The topological polar surface area (TPSA) is 20.2 Å². The highest BCUT2D eigenvalue weighted by atomic mass is 16.3. The minimum atomic E-state index is -0.385. The van der Waals surface area contributed by atoms with E-state index in [1.165, 1.54) is 0 Å². The van der Waals surface area contributed by atoms with Crippen molar-refractivity contribution in [3.05, 3.63) is 35.9 Å². The number of rotatable bonds is 3. The van der Waals surface area contributed by atoms with Gasteiger partial charge >= 0.3 is 0 Å². The van der Waals surface area contributed by atoms with Crippen LogP contribution in [0, 0.1) is 11.3 Å². The number of hydrogen-bond acceptors (Lipinski definition) is 1. The van der Waals surface area contributed by atoms with Gasteiger partial charge in [-0.25, -0.2) is 0 Å². The van der Waals surface area contributed by atoms with Crippen LogP contribution >= 0.6 is 0 Å². The van der Waals surface area contributed by atoms with E-state index in [2.05, 4.69) is 27.7 Å². The molecule has 1 nitrogen and oxygen atoms in total. The average Bonchev–Trinajstić information content (AvgIpc) is 2.17. The van der Waals surface area contributed by atoms with Crippen LogP contribution in [0.5, 0.6) is 0 Å². The monoisotopic (exact) mass is 192 g/mol. The zero-order valence-electron chi connectivity index (χ0n) is 9.49. The molecule has 0 aliphatic rings. The third-order valence-corrected chi connectivity index (χ3v) is 3.31. The van der Waals surface area contributed by atoms with Gasteiger partial charge in [0.2, 0.25) is 0 Å². The second kappa shape index (κ2) is 4.14. The Hall–Kier alpha value is -0.820. The maximum absolute atomic E-state index is 10.2. The normalized spacial score (nSPS) is 14.4. The number of aliphatic hydroxyl groups is 1. The van der Waals surface area contributed by atoms with Crippen LogP contribution in [0.15, 0.2) is 30.3 Å². The van der Waals surface area contributed by atoms with Crippen LogP contribution in [0.25, 0.3) is 0 Å². The van der Waals surface area contributed by atoms with Gasteiger partial charge in [-0.3, -0.25) is 0 Å². The van der Waals surface area contributed by atoms with Crippen molar-refractivity contribution in [2.75, 3.05) is 0 Å². The average molecular weight is 192 g/mol. The molecule has 0 fully saturated rings. The van der Waals surface area contributed by atoms with Gasteiger partial charge in [0.25, 0.3) is 0 Å². The molecule has 78 valence electrons. The summed E-state index contributed by atoms with van der Waals surface area (Å²) in [4.78, 5) is 0. The Morgan fingerprint density at radius 2 is 1.57 bits per heavy atom. The predicted molar refractivity (Wildman–Crippen MR) is 60.0 cm³/mol. The van der Waals surface area contributed by atoms with E-state index in [4.69, 9.17) is 0 Å². The quantitative estimate of drug-likeness (QED) is 0.778. The standard InChI is InChI=1S/C13H20O/c1-10(2)13(3,4)12(14)11-8-6-5-7-9-11/h5-10,12,14H,1-4H3. The fourth-order valence-electron chi connectivity index (χ4n) is 1.38. The molecule has 1 aromatic carbocycles. The maximum Gasteiger partial charge on any atom is 0.0843 e. The first kappa shape index (κ1) is 11.3. The van der Waals surface area contributed by atoms with Gasteiger partial charge in [0.05, 0.1) is 6.10 Å². The largest absolute Gasteiger partial charge is 0.388 e. The van der Waals surface area contributed by atoms with Gasteiger partial charge in [0, 0.05) is 0 Å². The van der Waals surface area contributed by atoms with Crippen LogP contribution in [0.3, 0.4) is 0 Å². The van der Waals surface area contributed by atoms with E-state index in [1.807, 2.05) is 30.3 Å². The molecule has 0 bridgehead atoms. The first-order valence-corrected chi connectivity index (χ1v) is 5.19. The van der Waals surface area contributed by atoms with Gasteiger partial charge in [-0.05, 0) is 16.9 Å². The first-order valence-electron chi connectivity index (χ1n) is 5.19. The lowest BCUT2D eigenvalue weighted by atomic mass is 9.74. The van der Waals surface area contributed by atoms with Gasteiger partial charge in [0.1, 0.15) is 0 Å². The van der Waals surface area contributed by atoms with Gasteiger partial charge in [0.15, 0.2) is 0 Å². The highest BCUT2D eigenvalue weighted by Crippen LogP contribution is 2.39. The number of hydrogen-bond donors (Lipinski definition) is 1. The lowest BCUT2D eigenvalue weighted by Gasteiger charge is -2.34. The molecule has 0 aliphatic heterocycles. The Kier molecular flexibility index (Phi) is 3.33. The Morgan fingerprint density at radius 1 is 1.07 bits per heavy atom. The molecule has 0 heterocycles. The van der Waals surface area contributed by atoms with Crippen molar-refractivity contribution in [2.24, 2.45) is 11.3 Å². The molecule has 0 saturated carbocycles. The Labute approximate surface area is 86.8 Å². The Balaban J connectivity index is 2.90. The van der Waals surface area contributed by atoms with E-state index in [-0.39, 0.29) is 11.5 Å². The molecule has 0 spiro atoms. The number of aliphatic hydroxyl groups excluding tert-OH is 1. The lowest BCUT2D eigenvalue weighted by molar-refractivity contribution is 0.0158. The van der Waals surface area contributed by atoms with E-state index in [9.17, 15) is 5.11 Å². The van der Waals surface area contributed by atoms with Gasteiger partial charge in [-0.15, -0.1) is 0 Å². The summed E-state index contributed by atoms with van der Waals surface area (Å²) in [5, 5.41) is 10.2. The summed E-state index contributed by atoms with van der Waals surface area (Å²) in [6.07, 6.45) is -0.385. The number of benzene rings is 1. The summed E-state index contributed by atoms with van der Waals surface area (Å²) >= 11 is 0. The zero-order valence-corrected chi connectivity index (χ0v) is 9.49. The van der Waals surface area contributed by atoms with Crippen LogP contribution in [0.4, 0.5) is 0 Å². The smallest absolute Gasteiger partial charge is 0.0843 e. The predicted octanol–water partition coefficient (Wildman–Crippen LogP) is 3.40. The summed E-state index contributed by atoms with van der Waals surface area (Å²) in [7, 11) is 0. The first-order chi connectivity index (χ1) is 6.46. The summed E-state index contributed by atoms with van der Waals surface area (Å²) in [5.74, 6) is 0.456. The van der Waals surface area contributed by atoms with E-state index < -0.39 is 0 Å². The van der Waals surface area contributed by atoms with Crippen molar-refractivity contribution in [3.8, 4) is 0 Å². The van der Waals surface area contributed by atoms with E-state index in [0.717, 1.165) is 5.56 Å². The second-order valence-electron chi connectivity index (χ2n) is 4.79. The second-order valence-corrected chi connectivity index (χ2v) is 4.79. The zero-order chi connectivity index (χ0) is 10.8. The van der Waals surface area contributed by atoms with Crippen LogP contribution in [-0.4, -0.2) is 5.11 Å². The van der Waals surface area contributed by atoms with Crippen molar-refractivity contribution < 1.29 is 5.11 Å². The highest BCUT2D eigenvalue weighted by Gasteiger charge is 2.31. The lowest BCUT2D eigenvalue weighted by Crippen LogP contribution is -2.27. The summed E-state index contributed by atoms with van der Waals surface area (Å²) in [6.45, 7) is 8.50. The maximum atomic E-state index is 10.2. The fourth-order valence-corrected chi connectivity index (χ4v) is 1.38. The minimum Gasteiger partial charge on any atom is -0.388 e. The van der Waals surface area contributed by atoms with Gasteiger partial charge in [-0.1, -0.05) is 58.0 Å². The molecular formula is C13H20O. The van der Waals surface area contributed by atoms with Gasteiger partial charge in [-0.2, -0.15) is 0 Å². The van der Waals surface area contributed by atoms with Crippen molar-refractivity contribution in [3.63, 3.8) is 0 Å². The van der Waals surface area contributed by atoms with Crippen molar-refractivity contribution in [1.29, 1.82) is 0 Å². The molecule has 1 atom stereocenters. The molecule has 0 amide bonds. The van der Waals surface area contributed by atoms with Crippen molar-refractivity contribution >= 4 is 0 Å². The fraction of sp³-hybridized carbons (Fsp3) is 0.538. The van der Waals surface area contributed by atoms with Crippen LogP contribution in [0.1, 0.15) is 39.4 Å². The third-order valence-electron chi connectivity index (χ3n) is 3.31. The molecule has 1 unspecified atom stereocenters. The summed E-state index contributed by atoms with van der Waals surface area (Å²) < 4.78 is 0. The molecule has 1 aromatic rings. The van der Waals surface area contributed by atoms with Crippen molar-refractivity contribution in [2.45, 2.75) is 33.8 Å². The highest BCUT2D eigenvalue weighted by molar-refractivity contribution is 5.19. The van der Waals surface area contributed by atoms with E-state index in [1.54, 1.807) is 0 Å². The van der Waals surface area contributed by atoms with E-state index >= 15 is 0 Å². The molecule has 14 heavy (non-hydrogen) atoms. The molecule has 0 aliphatic carbocycles. The molecular weight excluding hydrogens is 172 g/mol. The van der Waals surface area contributed by atoms with Crippen LogP contribution < -0.4 is 0 Å². The van der Waals surface area contributed by atoms with Crippen LogP contribution in [-0.2, 0) is 0 Å². The molecule has 1 heteroatoms. The minimum absolute atomic E-state index is 0.0820. The summed E-state index contributed by atoms with van der Waals surface area (Å²) in [5.41, 5.74) is 0.924. The Bertz CT molecular complexity index is 275. The van der Waals surface area contributed by atoms with Crippen molar-refractivity contribution in [1.82, 2.24) is 0 Å². The van der Waals surface area contributed by atoms with E-state index in [0.29, 0.717) is 5.92 Å². The van der Waals surface area contributed by atoms with Crippen LogP contribution in [0.2, 0.25) is 0 Å². The summed E-state index contributed by atoms with van der Waals surface area (Å²) in [6, 6.07) is 9.87. The molecule has 1 rings (SSSR count). The molecule has 1 N–H and O–H groups in total. The SMILES string of the molecule is CC(C)C(C)(C)C(O)c1ccccc1. The van der Waals surface area contributed by atoms with Gasteiger partial charge < -0.3 is 5.11 Å². The molecule has 0 radical (unpaired) electrons.